The molecule has 2 amide bonds. The molecule has 6 heteroatoms. The number of carbonyl (C=O) groups is 1. The van der Waals surface area contributed by atoms with E-state index in [2.05, 4.69) is 35.5 Å². The summed E-state index contributed by atoms with van der Waals surface area (Å²) in [4.78, 5) is 18.4. The van der Waals surface area contributed by atoms with Crippen LogP contribution in [0.15, 0.2) is 11.4 Å². The summed E-state index contributed by atoms with van der Waals surface area (Å²) < 4.78 is 5.95. The number of urea groups is 1. The molecule has 3 rings (SSSR count). The summed E-state index contributed by atoms with van der Waals surface area (Å²) in [7, 11) is 0. The Morgan fingerprint density at radius 2 is 2.29 bits per heavy atom. The van der Waals surface area contributed by atoms with Crippen molar-refractivity contribution in [2.75, 3.05) is 32.8 Å². The van der Waals surface area contributed by atoms with Crippen LogP contribution in [0.2, 0.25) is 0 Å². The number of hydrogen-bond acceptors (Lipinski definition) is 4. The Bertz CT molecular complexity index is 558. The van der Waals surface area contributed by atoms with Gasteiger partial charge in [0.1, 0.15) is 6.10 Å². The van der Waals surface area contributed by atoms with E-state index in [0.717, 1.165) is 45.6 Å². The van der Waals surface area contributed by atoms with E-state index >= 15 is 0 Å². The maximum absolute atomic E-state index is 12.6. The number of nitrogens with zero attached hydrogens (tertiary/aromatic N) is 2. The fraction of sp³-hybridized carbons (Fsp3) is 0.722. The number of nitrogens with one attached hydrogen (secondary N) is 1. The number of likely N-dealkylation sites (tertiary alicyclic amines) is 1. The van der Waals surface area contributed by atoms with Crippen LogP contribution in [-0.4, -0.2) is 60.7 Å². The van der Waals surface area contributed by atoms with Gasteiger partial charge >= 0.3 is 6.03 Å². The molecule has 1 aromatic heterocycles. The van der Waals surface area contributed by atoms with Gasteiger partial charge in [-0.05, 0) is 43.4 Å². The first-order chi connectivity index (χ1) is 11.6. The third-order valence-electron chi connectivity index (χ3n) is 5.30. The summed E-state index contributed by atoms with van der Waals surface area (Å²) in [5, 5.41) is 5.29. The molecule has 0 bridgehead atoms. The summed E-state index contributed by atoms with van der Waals surface area (Å²) >= 11 is 1.79. The van der Waals surface area contributed by atoms with Gasteiger partial charge in [-0.15, -0.1) is 11.3 Å². The number of carbonyl (C=O) groups excluding carboxylic acids is 1. The lowest BCUT2D eigenvalue weighted by Crippen LogP contribution is -2.47. The third kappa shape index (κ3) is 3.60. The summed E-state index contributed by atoms with van der Waals surface area (Å²) in [6.07, 6.45) is 2.03. The third-order valence-corrected chi connectivity index (χ3v) is 6.29. The number of fused-ring (bicyclic) bond motifs is 1. The maximum Gasteiger partial charge on any atom is 0.317 e. The zero-order valence-corrected chi connectivity index (χ0v) is 15.8. The summed E-state index contributed by atoms with van der Waals surface area (Å²) in [6, 6.07) is 2.66. The van der Waals surface area contributed by atoms with Crippen LogP contribution < -0.4 is 5.32 Å². The van der Waals surface area contributed by atoms with E-state index in [9.17, 15) is 4.79 Å². The molecule has 0 radical (unpaired) electrons. The monoisotopic (exact) mass is 351 g/mol. The van der Waals surface area contributed by atoms with Crippen LogP contribution in [0.3, 0.4) is 0 Å². The Kier molecular flexibility index (Phi) is 5.79. The van der Waals surface area contributed by atoms with Crippen molar-refractivity contribution >= 4 is 17.4 Å². The maximum atomic E-state index is 12.6. The summed E-state index contributed by atoms with van der Waals surface area (Å²) in [5.74, 6) is 0. The zero-order chi connectivity index (χ0) is 17.1. The second-order valence-corrected chi connectivity index (χ2v) is 7.69. The van der Waals surface area contributed by atoms with E-state index in [4.69, 9.17) is 4.74 Å². The van der Waals surface area contributed by atoms with Crippen LogP contribution in [-0.2, 0) is 11.2 Å². The normalized spacial score (nSPS) is 24.9. The fourth-order valence-electron chi connectivity index (χ4n) is 3.92. The number of ether oxygens (including phenoxy) is 1. The van der Waals surface area contributed by atoms with Crippen LogP contribution in [0, 0.1) is 0 Å². The first-order valence-corrected chi connectivity index (χ1v) is 9.99. The van der Waals surface area contributed by atoms with Crippen LogP contribution in [0.5, 0.6) is 0 Å². The minimum atomic E-state index is -0.0230. The van der Waals surface area contributed by atoms with Crippen molar-refractivity contribution < 1.29 is 9.53 Å². The Morgan fingerprint density at radius 3 is 3.04 bits per heavy atom. The predicted octanol–water partition coefficient (Wildman–Crippen LogP) is 2.88. The highest BCUT2D eigenvalue weighted by Gasteiger charge is 2.32. The minimum absolute atomic E-state index is 0.0151. The topological polar surface area (TPSA) is 44.8 Å². The van der Waals surface area contributed by atoms with Gasteiger partial charge < -0.3 is 15.0 Å². The zero-order valence-electron chi connectivity index (χ0n) is 15.0. The highest BCUT2D eigenvalue weighted by Crippen LogP contribution is 2.33. The molecule has 1 saturated heterocycles. The van der Waals surface area contributed by atoms with E-state index < -0.39 is 0 Å². The number of rotatable bonds is 5. The van der Waals surface area contributed by atoms with Crippen molar-refractivity contribution in [3.8, 4) is 0 Å². The van der Waals surface area contributed by atoms with Gasteiger partial charge in [-0.1, -0.05) is 13.8 Å². The molecule has 134 valence electrons. The Morgan fingerprint density at radius 1 is 1.50 bits per heavy atom. The molecule has 3 heterocycles. The molecule has 24 heavy (non-hydrogen) atoms. The van der Waals surface area contributed by atoms with Gasteiger partial charge in [0, 0.05) is 30.4 Å². The van der Waals surface area contributed by atoms with Crippen molar-refractivity contribution in [1.82, 2.24) is 15.1 Å². The van der Waals surface area contributed by atoms with Gasteiger partial charge in [0.25, 0.3) is 0 Å². The van der Waals surface area contributed by atoms with Crippen LogP contribution in [0.4, 0.5) is 4.79 Å². The number of hydrogen-bond donors (Lipinski definition) is 1. The van der Waals surface area contributed by atoms with E-state index in [1.165, 1.54) is 10.4 Å². The molecule has 3 unspecified atom stereocenters. The quantitative estimate of drug-likeness (QED) is 0.887. The van der Waals surface area contributed by atoms with Crippen LogP contribution in [0.1, 0.15) is 43.7 Å². The van der Waals surface area contributed by atoms with E-state index in [1.54, 1.807) is 11.3 Å². The molecular weight excluding hydrogens is 322 g/mol. The molecule has 2 aliphatic rings. The summed E-state index contributed by atoms with van der Waals surface area (Å²) in [5.41, 5.74) is 1.25. The Balaban J connectivity index is 1.56. The molecule has 1 N–H and O–H groups in total. The van der Waals surface area contributed by atoms with E-state index in [1.807, 2.05) is 11.8 Å². The molecule has 1 fully saturated rings. The van der Waals surface area contributed by atoms with E-state index in [-0.39, 0.29) is 18.2 Å². The lowest BCUT2D eigenvalue weighted by molar-refractivity contribution is 0.0223. The van der Waals surface area contributed by atoms with Crippen molar-refractivity contribution in [3.05, 3.63) is 21.9 Å². The first-order valence-electron chi connectivity index (χ1n) is 9.11. The molecular formula is C18H29N3O2S. The largest absolute Gasteiger partial charge is 0.371 e. The SMILES string of the molecule is CCN(CC)C1CCN(C(=O)NC(C)C2OCCc3sccc32)C1. The first kappa shape index (κ1) is 17.7. The van der Waals surface area contributed by atoms with Crippen molar-refractivity contribution in [2.24, 2.45) is 0 Å². The Labute approximate surface area is 149 Å². The van der Waals surface area contributed by atoms with Gasteiger partial charge in [-0.2, -0.15) is 0 Å². The molecule has 0 aliphatic carbocycles. The van der Waals surface area contributed by atoms with Gasteiger partial charge in [-0.25, -0.2) is 4.79 Å². The summed E-state index contributed by atoms with van der Waals surface area (Å²) in [6.45, 7) is 10.9. The highest BCUT2D eigenvalue weighted by molar-refractivity contribution is 7.10. The number of likely N-dealkylation sites (N-methyl/N-ethyl adjacent to an activating group) is 1. The van der Waals surface area contributed by atoms with Crippen molar-refractivity contribution in [2.45, 2.75) is 51.8 Å². The molecule has 1 aromatic rings. The van der Waals surface area contributed by atoms with Crippen molar-refractivity contribution in [1.29, 1.82) is 0 Å². The average molecular weight is 352 g/mol. The average Bonchev–Trinajstić information content (AvgIpc) is 3.25. The fourth-order valence-corrected chi connectivity index (χ4v) is 4.82. The van der Waals surface area contributed by atoms with Crippen molar-refractivity contribution in [3.63, 3.8) is 0 Å². The molecule has 0 spiro atoms. The molecule has 2 aliphatic heterocycles. The Hall–Kier alpha value is -1.11. The highest BCUT2D eigenvalue weighted by atomic mass is 32.1. The van der Waals surface area contributed by atoms with Gasteiger partial charge in [0.05, 0.1) is 12.6 Å². The second-order valence-electron chi connectivity index (χ2n) is 6.69. The van der Waals surface area contributed by atoms with Crippen LogP contribution in [0.25, 0.3) is 0 Å². The second kappa shape index (κ2) is 7.85. The standard InChI is InChI=1S/C18H29N3O2S/c1-4-20(5-2)14-6-9-21(12-14)18(22)19-13(3)17-15-8-11-24-16(15)7-10-23-17/h8,11,13-14,17H,4-7,9-10,12H2,1-3H3,(H,19,22). The molecule has 3 atom stereocenters. The van der Waals surface area contributed by atoms with Gasteiger partial charge in [-0.3, -0.25) is 4.90 Å². The lowest BCUT2D eigenvalue weighted by atomic mass is 10.0. The molecule has 0 aromatic carbocycles. The molecule has 0 saturated carbocycles. The van der Waals surface area contributed by atoms with Gasteiger partial charge in [0.2, 0.25) is 0 Å². The minimum Gasteiger partial charge on any atom is -0.371 e. The number of thiophene rings is 1. The smallest absolute Gasteiger partial charge is 0.317 e. The van der Waals surface area contributed by atoms with E-state index in [0.29, 0.717) is 6.04 Å². The predicted molar refractivity (Wildman–Crippen MR) is 97.6 cm³/mol. The molecule has 5 nitrogen and oxygen atoms in total. The van der Waals surface area contributed by atoms with Crippen LogP contribution >= 0.6 is 11.3 Å². The number of amides is 2. The van der Waals surface area contributed by atoms with Gasteiger partial charge in [0.15, 0.2) is 0 Å². The lowest BCUT2D eigenvalue weighted by Gasteiger charge is -2.31.